The molecule has 112 valence electrons. The van der Waals surface area contributed by atoms with E-state index < -0.39 is 0 Å². The van der Waals surface area contributed by atoms with Gasteiger partial charge in [-0.2, -0.15) is 4.99 Å². The maximum atomic E-state index is 11.0. The Balaban J connectivity index is 1.69. The molecular weight excluding hydrogens is 302 g/mol. The molecule has 1 aromatic heterocycles. The molecule has 0 radical (unpaired) electrons. The molecule has 1 fully saturated rings. The molecule has 0 aromatic carbocycles. The first-order valence-corrected chi connectivity index (χ1v) is 9.01. The number of Topliss-reactive ketones (excluding diaryl/α,β-unsaturated/α-hetero) is 1. The first kappa shape index (κ1) is 14.8. The van der Waals surface area contributed by atoms with E-state index in [0.29, 0.717) is 6.04 Å². The van der Waals surface area contributed by atoms with Gasteiger partial charge in [-0.15, -0.1) is 11.3 Å². The zero-order valence-corrected chi connectivity index (χ0v) is 13.8. The lowest BCUT2D eigenvalue weighted by molar-refractivity contribution is -0.115. The second kappa shape index (κ2) is 6.75. The molecule has 0 N–H and O–H groups in total. The molecule has 0 unspecified atom stereocenters. The second-order valence-electron chi connectivity index (χ2n) is 5.44. The Morgan fingerprint density at radius 3 is 2.86 bits per heavy atom. The highest BCUT2D eigenvalue weighted by Crippen LogP contribution is 2.32. The molecule has 1 saturated carbocycles. The van der Waals surface area contributed by atoms with Crippen LogP contribution in [0.15, 0.2) is 27.5 Å². The van der Waals surface area contributed by atoms with E-state index in [1.54, 1.807) is 30.0 Å². The molecule has 0 spiro atoms. The van der Waals surface area contributed by atoms with Crippen LogP contribution in [0.25, 0.3) is 0 Å². The standard InChI is InChI=1S/C15H19N3OS2/c1-11(19)9-16-14-17-15(21-14)18(12-5-2-3-6-12)10-13-7-4-8-20-13/h4,7-8,12H,2-3,5-6,9-10H2,1H3. The van der Waals surface area contributed by atoms with E-state index in [0.717, 1.165) is 16.9 Å². The number of hydrogen-bond acceptors (Lipinski definition) is 5. The zero-order valence-electron chi connectivity index (χ0n) is 12.1. The Kier molecular flexibility index (Phi) is 4.75. The summed E-state index contributed by atoms with van der Waals surface area (Å²) in [6, 6.07) is 4.89. The van der Waals surface area contributed by atoms with E-state index >= 15 is 0 Å². The Bertz CT molecular complexity index is 559. The summed E-state index contributed by atoms with van der Waals surface area (Å²) in [7, 11) is 0. The Hall–Kier alpha value is -1.14. The van der Waals surface area contributed by atoms with Crippen molar-refractivity contribution in [2.75, 3.05) is 6.54 Å². The minimum Gasteiger partial charge on any atom is -0.343 e. The number of nitrogens with zero attached hydrogens (tertiary/aromatic N) is 3. The number of amidine groups is 2. The molecule has 4 nitrogen and oxygen atoms in total. The minimum absolute atomic E-state index is 0.0815. The van der Waals surface area contributed by atoms with Crippen molar-refractivity contribution in [1.29, 1.82) is 0 Å². The summed E-state index contributed by atoms with van der Waals surface area (Å²) in [5, 5.41) is 3.93. The number of carbonyl (C=O) groups excluding carboxylic acids is 1. The summed E-state index contributed by atoms with van der Waals surface area (Å²) >= 11 is 3.41. The monoisotopic (exact) mass is 321 g/mol. The van der Waals surface area contributed by atoms with E-state index in [-0.39, 0.29) is 12.3 Å². The topological polar surface area (TPSA) is 45.0 Å². The quantitative estimate of drug-likeness (QED) is 0.833. The van der Waals surface area contributed by atoms with Crippen LogP contribution in [0.4, 0.5) is 0 Å². The fraction of sp³-hybridized carbons (Fsp3) is 0.533. The van der Waals surface area contributed by atoms with Gasteiger partial charge in [0.25, 0.3) is 0 Å². The fourth-order valence-electron chi connectivity index (χ4n) is 2.68. The van der Waals surface area contributed by atoms with Gasteiger partial charge in [0, 0.05) is 10.9 Å². The van der Waals surface area contributed by atoms with Crippen molar-refractivity contribution in [2.24, 2.45) is 9.98 Å². The molecule has 1 aliphatic carbocycles. The molecule has 1 aromatic rings. The lowest BCUT2D eigenvalue weighted by Gasteiger charge is -2.34. The highest BCUT2D eigenvalue weighted by molar-refractivity contribution is 8.28. The number of rotatable bonds is 5. The highest BCUT2D eigenvalue weighted by atomic mass is 32.2. The lowest BCUT2D eigenvalue weighted by Crippen LogP contribution is -2.40. The number of hydrogen-bond donors (Lipinski definition) is 0. The lowest BCUT2D eigenvalue weighted by atomic mass is 10.2. The van der Waals surface area contributed by atoms with E-state index in [1.807, 2.05) is 0 Å². The van der Waals surface area contributed by atoms with Gasteiger partial charge in [-0.3, -0.25) is 9.79 Å². The third-order valence-corrected chi connectivity index (χ3v) is 5.50. The largest absolute Gasteiger partial charge is 0.343 e. The average molecular weight is 321 g/mol. The van der Waals surface area contributed by atoms with Crippen LogP contribution in [0.5, 0.6) is 0 Å². The van der Waals surface area contributed by atoms with Gasteiger partial charge < -0.3 is 4.90 Å². The van der Waals surface area contributed by atoms with Gasteiger partial charge in [0.2, 0.25) is 0 Å². The molecule has 1 aliphatic heterocycles. The first-order chi connectivity index (χ1) is 10.2. The summed E-state index contributed by atoms with van der Waals surface area (Å²) in [6.07, 6.45) is 5.14. The van der Waals surface area contributed by atoms with Gasteiger partial charge in [-0.05, 0) is 43.0 Å². The van der Waals surface area contributed by atoms with Gasteiger partial charge in [0.1, 0.15) is 6.54 Å². The van der Waals surface area contributed by atoms with Crippen LogP contribution in [0.1, 0.15) is 37.5 Å². The number of carbonyl (C=O) groups is 1. The summed E-state index contributed by atoms with van der Waals surface area (Å²) in [6.45, 7) is 2.74. The maximum Gasteiger partial charge on any atom is 0.193 e. The van der Waals surface area contributed by atoms with Crippen molar-refractivity contribution in [3.05, 3.63) is 22.4 Å². The van der Waals surface area contributed by atoms with Crippen molar-refractivity contribution in [3.63, 3.8) is 0 Å². The summed E-state index contributed by atoms with van der Waals surface area (Å²) in [4.78, 5) is 23.5. The SMILES string of the molecule is CC(=O)CN=C1N=C(N(Cc2cccs2)C2CCCC2)S1. The molecule has 0 amide bonds. The van der Waals surface area contributed by atoms with E-state index in [4.69, 9.17) is 0 Å². The van der Waals surface area contributed by atoms with Gasteiger partial charge in [0.15, 0.2) is 16.1 Å². The molecule has 21 heavy (non-hydrogen) atoms. The van der Waals surface area contributed by atoms with Crippen LogP contribution in [0, 0.1) is 0 Å². The number of thioether (sulfide) groups is 1. The smallest absolute Gasteiger partial charge is 0.193 e. The summed E-state index contributed by atoms with van der Waals surface area (Å²) < 4.78 is 0. The number of thiophene rings is 1. The van der Waals surface area contributed by atoms with Crippen LogP contribution < -0.4 is 0 Å². The molecule has 0 saturated heterocycles. The van der Waals surface area contributed by atoms with E-state index in [1.165, 1.54) is 30.6 Å². The molecule has 2 aliphatic rings. The van der Waals surface area contributed by atoms with Crippen molar-refractivity contribution >= 4 is 39.2 Å². The average Bonchev–Trinajstić information content (AvgIpc) is 3.08. The first-order valence-electron chi connectivity index (χ1n) is 7.32. The number of ketones is 1. The molecule has 0 atom stereocenters. The van der Waals surface area contributed by atoms with Crippen molar-refractivity contribution in [1.82, 2.24) is 4.90 Å². The van der Waals surface area contributed by atoms with Gasteiger partial charge in [-0.1, -0.05) is 18.9 Å². The van der Waals surface area contributed by atoms with Crippen LogP contribution in [0.3, 0.4) is 0 Å². The summed E-state index contributed by atoms with van der Waals surface area (Å²) in [5.74, 6) is 0.0815. The third kappa shape index (κ3) is 3.74. The highest BCUT2D eigenvalue weighted by Gasteiger charge is 2.31. The molecule has 3 rings (SSSR count). The van der Waals surface area contributed by atoms with E-state index in [2.05, 4.69) is 32.4 Å². The predicted molar refractivity (Wildman–Crippen MR) is 90.1 cm³/mol. The molecule has 2 heterocycles. The Morgan fingerprint density at radius 2 is 2.24 bits per heavy atom. The maximum absolute atomic E-state index is 11.0. The van der Waals surface area contributed by atoms with Crippen molar-refractivity contribution in [2.45, 2.75) is 45.2 Å². The Morgan fingerprint density at radius 1 is 1.48 bits per heavy atom. The number of aliphatic imine (C=N–C) groups is 2. The minimum atomic E-state index is 0.0815. The van der Waals surface area contributed by atoms with Crippen LogP contribution in [-0.2, 0) is 11.3 Å². The molecular formula is C15H19N3OS2. The van der Waals surface area contributed by atoms with Gasteiger partial charge >= 0.3 is 0 Å². The van der Waals surface area contributed by atoms with Gasteiger partial charge in [-0.25, -0.2) is 0 Å². The zero-order chi connectivity index (χ0) is 14.7. The van der Waals surface area contributed by atoms with Gasteiger partial charge in [0.05, 0.1) is 6.54 Å². The Labute approximate surface area is 133 Å². The van der Waals surface area contributed by atoms with Crippen molar-refractivity contribution < 1.29 is 4.79 Å². The van der Waals surface area contributed by atoms with E-state index in [9.17, 15) is 4.79 Å². The second-order valence-corrected chi connectivity index (χ2v) is 7.41. The fourth-order valence-corrected chi connectivity index (χ4v) is 4.14. The van der Waals surface area contributed by atoms with Crippen LogP contribution in [-0.4, -0.2) is 33.6 Å². The van der Waals surface area contributed by atoms with Crippen LogP contribution in [0.2, 0.25) is 0 Å². The molecule has 6 heteroatoms. The summed E-state index contributed by atoms with van der Waals surface area (Å²) in [5.41, 5.74) is 0. The van der Waals surface area contributed by atoms with Crippen molar-refractivity contribution in [3.8, 4) is 0 Å². The van der Waals surface area contributed by atoms with Crippen LogP contribution >= 0.6 is 23.1 Å². The third-order valence-electron chi connectivity index (χ3n) is 3.73. The predicted octanol–water partition coefficient (Wildman–Crippen LogP) is 3.54. The molecule has 0 bridgehead atoms. The normalized spacial score (nSPS) is 20.4.